The maximum absolute atomic E-state index is 12.7. The van der Waals surface area contributed by atoms with Gasteiger partial charge in [0.25, 0.3) is 17.7 Å². The zero-order valence-corrected chi connectivity index (χ0v) is 16.0. The SMILES string of the molecule is O=C(Nc1ccc2c(c1)C(=O)N(CC1CCCO1)C2=O)c1ccc(Br)cc1. The number of rotatable bonds is 4. The zero-order valence-electron chi connectivity index (χ0n) is 14.4. The number of anilines is 1. The molecule has 2 aromatic carbocycles. The van der Waals surface area contributed by atoms with E-state index in [-0.39, 0.29) is 30.4 Å². The molecule has 4 rings (SSSR count). The van der Waals surface area contributed by atoms with Crippen molar-refractivity contribution in [2.45, 2.75) is 18.9 Å². The topological polar surface area (TPSA) is 75.7 Å². The summed E-state index contributed by atoms with van der Waals surface area (Å²) in [6.45, 7) is 0.938. The van der Waals surface area contributed by atoms with Crippen LogP contribution in [-0.4, -0.2) is 41.9 Å². The van der Waals surface area contributed by atoms with Crippen molar-refractivity contribution in [2.75, 3.05) is 18.5 Å². The van der Waals surface area contributed by atoms with Gasteiger partial charge in [-0.1, -0.05) is 15.9 Å². The van der Waals surface area contributed by atoms with E-state index in [9.17, 15) is 14.4 Å². The number of amides is 3. The molecule has 1 unspecified atom stereocenters. The molecule has 1 atom stereocenters. The van der Waals surface area contributed by atoms with E-state index in [4.69, 9.17) is 4.74 Å². The molecular weight excluding hydrogens is 412 g/mol. The van der Waals surface area contributed by atoms with Crippen molar-refractivity contribution < 1.29 is 19.1 Å². The lowest BCUT2D eigenvalue weighted by atomic mass is 10.1. The number of nitrogens with one attached hydrogen (secondary N) is 1. The number of ether oxygens (including phenoxy) is 1. The Morgan fingerprint density at radius 3 is 2.56 bits per heavy atom. The number of nitrogens with zero attached hydrogens (tertiary/aromatic N) is 1. The van der Waals surface area contributed by atoms with Crippen molar-refractivity contribution in [3.05, 3.63) is 63.6 Å². The van der Waals surface area contributed by atoms with Gasteiger partial charge in [-0.15, -0.1) is 0 Å². The number of benzene rings is 2. The average Bonchev–Trinajstić information content (AvgIpc) is 3.25. The average molecular weight is 429 g/mol. The van der Waals surface area contributed by atoms with Crippen molar-refractivity contribution in [2.24, 2.45) is 0 Å². The summed E-state index contributed by atoms with van der Waals surface area (Å²) in [4.78, 5) is 38.8. The second-order valence-corrected chi connectivity index (χ2v) is 7.49. The van der Waals surface area contributed by atoms with Crippen molar-refractivity contribution in [3.63, 3.8) is 0 Å². The first-order chi connectivity index (χ1) is 13.0. The molecule has 2 heterocycles. The summed E-state index contributed by atoms with van der Waals surface area (Å²) >= 11 is 3.33. The summed E-state index contributed by atoms with van der Waals surface area (Å²) in [7, 11) is 0. The van der Waals surface area contributed by atoms with Gasteiger partial charge in [0.05, 0.1) is 23.8 Å². The van der Waals surface area contributed by atoms with E-state index in [1.165, 1.54) is 4.90 Å². The molecule has 1 fully saturated rings. The summed E-state index contributed by atoms with van der Waals surface area (Å²) < 4.78 is 6.42. The van der Waals surface area contributed by atoms with Gasteiger partial charge in [-0.25, -0.2) is 0 Å². The number of fused-ring (bicyclic) bond motifs is 1. The van der Waals surface area contributed by atoms with Crippen molar-refractivity contribution >= 4 is 39.3 Å². The zero-order chi connectivity index (χ0) is 19.0. The Hall–Kier alpha value is -2.51. The van der Waals surface area contributed by atoms with E-state index in [1.807, 2.05) is 0 Å². The Kier molecular flexibility index (Phi) is 4.80. The van der Waals surface area contributed by atoms with E-state index in [0.717, 1.165) is 17.3 Å². The Bertz CT molecular complexity index is 920. The molecule has 2 aliphatic rings. The van der Waals surface area contributed by atoms with Crippen molar-refractivity contribution in [1.82, 2.24) is 4.90 Å². The molecule has 0 aliphatic carbocycles. The monoisotopic (exact) mass is 428 g/mol. The van der Waals surface area contributed by atoms with Crippen LogP contribution < -0.4 is 5.32 Å². The van der Waals surface area contributed by atoms with Crippen LogP contribution >= 0.6 is 15.9 Å². The minimum Gasteiger partial charge on any atom is -0.376 e. The van der Waals surface area contributed by atoms with Crippen molar-refractivity contribution in [3.8, 4) is 0 Å². The Balaban J connectivity index is 1.52. The van der Waals surface area contributed by atoms with Gasteiger partial charge in [-0.3, -0.25) is 19.3 Å². The van der Waals surface area contributed by atoms with Gasteiger partial charge >= 0.3 is 0 Å². The maximum atomic E-state index is 12.7. The van der Waals surface area contributed by atoms with Gasteiger partial charge in [0.1, 0.15) is 0 Å². The molecule has 3 amide bonds. The highest BCUT2D eigenvalue weighted by atomic mass is 79.9. The van der Waals surface area contributed by atoms with Crippen LogP contribution in [0.1, 0.15) is 43.9 Å². The first-order valence-electron chi connectivity index (χ1n) is 8.72. The number of imide groups is 1. The number of carbonyl (C=O) groups is 3. The van der Waals surface area contributed by atoms with Crippen LogP contribution in [0, 0.1) is 0 Å². The molecule has 2 aliphatic heterocycles. The van der Waals surface area contributed by atoms with Gasteiger partial charge in [0.2, 0.25) is 0 Å². The largest absolute Gasteiger partial charge is 0.376 e. The van der Waals surface area contributed by atoms with E-state index in [0.29, 0.717) is 29.0 Å². The predicted octanol–water partition coefficient (Wildman–Crippen LogP) is 3.48. The van der Waals surface area contributed by atoms with Gasteiger partial charge in [-0.2, -0.15) is 0 Å². The summed E-state index contributed by atoms with van der Waals surface area (Å²) in [5, 5.41) is 2.77. The predicted molar refractivity (Wildman–Crippen MR) is 103 cm³/mol. The highest BCUT2D eigenvalue weighted by Gasteiger charge is 2.37. The highest BCUT2D eigenvalue weighted by Crippen LogP contribution is 2.27. The van der Waals surface area contributed by atoms with Gasteiger partial charge in [0, 0.05) is 22.3 Å². The van der Waals surface area contributed by atoms with Gasteiger partial charge < -0.3 is 10.1 Å². The Labute approximate surface area is 164 Å². The molecule has 0 saturated carbocycles. The Morgan fingerprint density at radius 1 is 1.11 bits per heavy atom. The molecule has 0 bridgehead atoms. The fraction of sp³-hybridized carbons (Fsp3) is 0.250. The minimum absolute atomic E-state index is 0.0937. The van der Waals surface area contributed by atoms with E-state index < -0.39 is 0 Å². The third-order valence-corrected chi connectivity index (χ3v) is 5.27. The summed E-state index contributed by atoms with van der Waals surface area (Å²) in [6.07, 6.45) is 1.70. The number of halogens is 1. The highest BCUT2D eigenvalue weighted by molar-refractivity contribution is 9.10. The van der Waals surface area contributed by atoms with E-state index >= 15 is 0 Å². The molecule has 0 aromatic heterocycles. The molecule has 7 heteroatoms. The summed E-state index contributed by atoms with van der Waals surface area (Å²) in [5.41, 5.74) is 1.65. The molecule has 6 nitrogen and oxygen atoms in total. The molecule has 27 heavy (non-hydrogen) atoms. The van der Waals surface area contributed by atoms with Crippen LogP contribution in [0.3, 0.4) is 0 Å². The fourth-order valence-electron chi connectivity index (χ4n) is 3.33. The standard InChI is InChI=1S/C20H17BrN2O4/c21-13-5-3-12(4-6-13)18(24)22-14-7-8-16-17(10-14)20(26)23(19(16)25)11-15-2-1-9-27-15/h3-8,10,15H,1-2,9,11H2,(H,22,24). The lowest BCUT2D eigenvalue weighted by Crippen LogP contribution is -2.36. The van der Waals surface area contributed by atoms with E-state index in [2.05, 4.69) is 21.2 Å². The molecule has 1 N–H and O–H groups in total. The van der Waals surface area contributed by atoms with E-state index in [1.54, 1.807) is 42.5 Å². The summed E-state index contributed by atoms with van der Waals surface area (Å²) in [5.74, 6) is -0.933. The van der Waals surface area contributed by atoms with Gasteiger partial charge in [-0.05, 0) is 55.3 Å². The molecule has 138 valence electrons. The van der Waals surface area contributed by atoms with Crippen LogP contribution in [0.25, 0.3) is 0 Å². The molecule has 0 spiro atoms. The molecule has 1 saturated heterocycles. The quantitative estimate of drug-likeness (QED) is 0.756. The van der Waals surface area contributed by atoms with Crippen LogP contribution in [0.4, 0.5) is 5.69 Å². The van der Waals surface area contributed by atoms with Gasteiger partial charge in [0.15, 0.2) is 0 Å². The Morgan fingerprint density at radius 2 is 1.85 bits per heavy atom. The first kappa shape index (κ1) is 17.9. The van der Waals surface area contributed by atoms with Crippen LogP contribution in [0.15, 0.2) is 46.9 Å². The molecule has 0 radical (unpaired) electrons. The fourth-order valence-corrected chi connectivity index (χ4v) is 3.60. The minimum atomic E-state index is -0.342. The molecular formula is C20H17BrN2O4. The second-order valence-electron chi connectivity index (χ2n) is 6.58. The van der Waals surface area contributed by atoms with Crippen molar-refractivity contribution in [1.29, 1.82) is 0 Å². The second kappa shape index (κ2) is 7.25. The number of carbonyl (C=O) groups excluding carboxylic acids is 3. The maximum Gasteiger partial charge on any atom is 0.261 e. The van der Waals surface area contributed by atoms with Crippen LogP contribution in [-0.2, 0) is 4.74 Å². The normalized spacial score (nSPS) is 18.7. The molecule has 2 aromatic rings. The third-order valence-electron chi connectivity index (χ3n) is 4.75. The van der Waals surface area contributed by atoms with Crippen LogP contribution in [0.2, 0.25) is 0 Å². The number of hydrogen-bond acceptors (Lipinski definition) is 4. The lowest BCUT2D eigenvalue weighted by molar-refractivity contribution is 0.0475. The smallest absolute Gasteiger partial charge is 0.261 e. The lowest BCUT2D eigenvalue weighted by Gasteiger charge is -2.17. The van der Waals surface area contributed by atoms with Crippen LogP contribution in [0.5, 0.6) is 0 Å². The number of hydrogen-bond donors (Lipinski definition) is 1. The summed E-state index contributed by atoms with van der Waals surface area (Å²) in [6, 6.07) is 11.7. The third kappa shape index (κ3) is 3.52. The first-order valence-corrected chi connectivity index (χ1v) is 9.51.